The van der Waals surface area contributed by atoms with Crippen molar-refractivity contribution in [3.05, 3.63) is 29.8 Å². The molecule has 2 bridgehead atoms. The molecule has 0 aromatic heterocycles. The molecule has 4 heteroatoms. The van der Waals surface area contributed by atoms with Crippen molar-refractivity contribution in [2.75, 3.05) is 5.32 Å². The van der Waals surface area contributed by atoms with Crippen LogP contribution in [0, 0.1) is 17.8 Å². The Hall–Kier alpha value is -1.39. The van der Waals surface area contributed by atoms with Gasteiger partial charge in [0.15, 0.2) is 0 Å². The molecule has 2 saturated carbocycles. The second-order valence-electron chi connectivity index (χ2n) is 6.99. The molecule has 1 aromatic rings. The summed E-state index contributed by atoms with van der Waals surface area (Å²) in [5, 5.41) is 3.05. The Morgan fingerprint density at radius 3 is 2.82 bits per heavy atom. The van der Waals surface area contributed by atoms with E-state index in [4.69, 9.17) is 10.5 Å². The van der Waals surface area contributed by atoms with Gasteiger partial charge in [0.05, 0.1) is 18.6 Å². The van der Waals surface area contributed by atoms with E-state index in [2.05, 4.69) is 5.32 Å². The first kappa shape index (κ1) is 15.5. The molecule has 2 aliphatic rings. The van der Waals surface area contributed by atoms with Gasteiger partial charge >= 0.3 is 0 Å². The van der Waals surface area contributed by atoms with E-state index in [1.807, 2.05) is 38.1 Å². The molecule has 2 aliphatic carbocycles. The fraction of sp³-hybridized carbons (Fsp3) is 0.611. The summed E-state index contributed by atoms with van der Waals surface area (Å²) in [7, 11) is 0. The third-order valence-electron chi connectivity index (χ3n) is 5.06. The molecule has 1 amide bonds. The van der Waals surface area contributed by atoms with Crippen molar-refractivity contribution in [3.8, 4) is 0 Å². The number of anilines is 1. The second kappa shape index (κ2) is 6.39. The third-order valence-corrected chi connectivity index (χ3v) is 5.06. The van der Waals surface area contributed by atoms with Gasteiger partial charge in [-0.1, -0.05) is 12.1 Å². The number of rotatable bonds is 5. The summed E-state index contributed by atoms with van der Waals surface area (Å²) in [6, 6.07) is 7.91. The summed E-state index contributed by atoms with van der Waals surface area (Å²) < 4.78 is 5.61. The van der Waals surface area contributed by atoms with Crippen molar-refractivity contribution in [1.29, 1.82) is 0 Å². The van der Waals surface area contributed by atoms with Gasteiger partial charge in [-0.15, -0.1) is 0 Å². The van der Waals surface area contributed by atoms with Crippen molar-refractivity contribution in [2.24, 2.45) is 23.5 Å². The lowest BCUT2D eigenvalue weighted by molar-refractivity contribution is -0.121. The fourth-order valence-electron chi connectivity index (χ4n) is 3.95. The molecule has 22 heavy (non-hydrogen) atoms. The van der Waals surface area contributed by atoms with E-state index in [0.717, 1.165) is 24.1 Å². The Bertz CT molecular complexity index is 542. The van der Waals surface area contributed by atoms with Crippen molar-refractivity contribution >= 4 is 11.6 Å². The minimum Gasteiger partial charge on any atom is -0.374 e. The molecule has 0 saturated heterocycles. The first-order valence-corrected chi connectivity index (χ1v) is 8.31. The highest BCUT2D eigenvalue weighted by molar-refractivity contribution is 5.93. The molecule has 3 rings (SSSR count). The highest BCUT2D eigenvalue weighted by atomic mass is 16.5. The lowest BCUT2D eigenvalue weighted by Gasteiger charge is -2.27. The molecule has 120 valence electrons. The average molecular weight is 302 g/mol. The number of fused-ring (bicyclic) bond motifs is 2. The maximum absolute atomic E-state index is 12.6. The molecule has 0 radical (unpaired) electrons. The van der Waals surface area contributed by atoms with Crippen LogP contribution in [0.3, 0.4) is 0 Å². The third kappa shape index (κ3) is 3.18. The zero-order valence-corrected chi connectivity index (χ0v) is 13.4. The number of carbonyl (C=O) groups is 1. The number of amides is 1. The summed E-state index contributed by atoms with van der Waals surface area (Å²) in [5.41, 5.74) is 8.16. The van der Waals surface area contributed by atoms with E-state index >= 15 is 0 Å². The monoisotopic (exact) mass is 302 g/mol. The summed E-state index contributed by atoms with van der Waals surface area (Å²) in [6.45, 7) is 4.60. The molecule has 4 nitrogen and oxygen atoms in total. The summed E-state index contributed by atoms with van der Waals surface area (Å²) in [5.74, 6) is 1.09. The number of ether oxygens (including phenoxy) is 1. The van der Waals surface area contributed by atoms with Gasteiger partial charge in [-0.2, -0.15) is 0 Å². The van der Waals surface area contributed by atoms with Crippen LogP contribution in [0.4, 0.5) is 5.69 Å². The maximum Gasteiger partial charge on any atom is 0.229 e. The second-order valence-corrected chi connectivity index (χ2v) is 6.99. The van der Waals surface area contributed by atoms with Crippen molar-refractivity contribution in [3.63, 3.8) is 0 Å². The molecule has 0 aliphatic heterocycles. The maximum atomic E-state index is 12.6. The van der Waals surface area contributed by atoms with E-state index in [-0.39, 0.29) is 24.0 Å². The molecular formula is C18H26N2O2. The predicted octanol–water partition coefficient (Wildman–Crippen LogP) is 2.92. The van der Waals surface area contributed by atoms with Crippen molar-refractivity contribution < 1.29 is 9.53 Å². The molecular weight excluding hydrogens is 276 g/mol. The van der Waals surface area contributed by atoms with E-state index in [9.17, 15) is 4.79 Å². The summed E-state index contributed by atoms with van der Waals surface area (Å²) in [4.78, 5) is 12.6. The van der Waals surface area contributed by atoms with Crippen LogP contribution in [0.5, 0.6) is 0 Å². The smallest absolute Gasteiger partial charge is 0.229 e. The topological polar surface area (TPSA) is 64.3 Å². The average Bonchev–Trinajstić information content (AvgIpc) is 3.06. The van der Waals surface area contributed by atoms with Crippen LogP contribution in [0.2, 0.25) is 0 Å². The van der Waals surface area contributed by atoms with Gasteiger partial charge < -0.3 is 15.8 Å². The first-order valence-electron chi connectivity index (χ1n) is 8.31. The van der Waals surface area contributed by atoms with Gasteiger partial charge in [-0.25, -0.2) is 0 Å². The highest BCUT2D eigenvalue weighted by Crippen LogP contribution is 2.47. The Kier molecular flexibility index (Phi) is 4.50. The SMILES string of the molecule is CC(C)OCc1cccc(NC(=O)C2C3CCC(C3)C2N)c1. The fourth-order valence-corrected chi connectivity index (χ4v) is 3.95. The largest absolute Gasteiger partial charge is 0.374 e. The standard InChI is InChI=1S/C18H26N2O2/c1-11(2)22-10-12-4-3-5-15(8-12)20-18(21)16-13-6-7-14(9-13)17(16)19/h3-5,8,11,13-14,16-17H,6-7,9-10,19H2,1-2H3,(H,20,21). The number of nitrogens with one attached hydrogen (secondary N) is 1. The molecule has 3 N–H and O–H groups in total. The van der Waals surface area contributed by atoms with Crippen LogP contribution in [0.1, 0.15) is 38.7 Å². The lowest BCUT2D eigenvalue weighted by atomic mass is 9.84. The van der Waals surface area contributed by atoms with E-state index in [1.54, 1.807) is 0 Å². The predicted molar refractivity (Wildman–Crippen MR) is 87.3 cm³/mol. The lowest BCUT2D eigenvalue weighted by Crippen LogP contribution is -2.42. The van der Waals surface area contributed by atoms with Gasteiger partial charge in [0.1, 0.15) is 0 Å². The Morgan fingerprint density at radius 2 is 2.14 bits per heavy atom. The first-order chi connectivity index (χ1) is 10.5. The molecule has 0 spiro atoms. The van der Waals surface area contributed by atoms with Gasteiger partial charge in [-0.3, -0.25) is 4.79 Å². The Labute approximate surface area is 132 Å². The number of hydrogen-bond donors (Lipinski definition) is 2. The normalized spacial score (nSPS) is 30.0. The number of nitrogens with two attached hydrogens (primary N) is 1. The Morgan fingerprint density at radius 1 is 1.36 bits per heavy atom. The highest BCUT2D eigenvalue weighted by Gasteiger charge is 2.49. The van der Waals surface area contributed by atoms with Crippen LogP contribution in [-0.2, 0) is 16.1 Å². The van der Waals surface area contributed by atoms with E-state index in [1.165, 1.54) is 6.42 Å². The Balaban J connectivity index is 1.63. The minimum atomic E-state index is -0.0191. The summed E-state index contributed by atoms with van der Waals surface area (Å²) in [6.07, 6.45) is 3.67. The van der Waals surface area contributed by atoms with Crippen LogP contribution < -0.4 is 11.1 Å². The quantitative estimate of drug-likeness (QED) is 0.879. The van der Waals surface area contributed by atoms with E-state index in [0.29, 0.717) is 18.4 Å². The van der Waals surface area contributed by atoms with Gasteiger partial charge in [0.2, 0.25) is 5.91 Å². The summed E-state index contributed by atoms with van der Waals surface area (Å²) >= 11 is 0. The molecule has 4 atom stereocenters. The van der Waals surface area contributed by atoms with Crippen LogP contribution in [0.15, 0.2) is 24.3 Å². The zero-order valence-electron chi connectivity index (χ0n) is 13.4. The number of benzene rings is 1. The van der Waals surface area contributed by atoms with Crippen molar-refractivity contribution in [2.45, 2.75) is 51.9 Å². The van der Waals surface area contributed by atoms with E-state index < -0.39 is 0 Å². The van der Waals surface area contributed by atoms with Crippen molar-refractivity contribution in [1.82, 2.24) is 0 Å². The number of hydrogen-bond acceptors (Lipinski definition) is 3. The van der Waals surface area contributed by atoms with Crippen LogP contribution >= 0.6 is 0 Å². The molecule has 0 heterocycles. The van der Waals surface area contributed by atoms with Crippen LogP contribution in [0.25, 0.3) is 0 Å². The van der Waals surface area contributed by atoms with Gasteiger partial charge in [0.25, 0.3) is 0 Å². The van der Waals surface area contributed by atoms with Gasteiger partial charge in [0, 0.05) is 11.7 Å². The molecule has 2 fully saturated rings. The molecule has 1 aromatic carbocycles. The minimum absolute atomic E-state index is 0.0191. The van der Waals surface area contributed by atoms with Gasteiger partial charge in [-0.05, 0) is 62.6 Å². The van der Waals surface area contributed by atoms with Crippen LogP contribution in [-0.4, -0.2) is 18.1 Å². The molecule has 4 unspecified atom stereocenters. The zero-order chi connectivity index (χ0) is 15.7. The number of carbonyl (C=O) groups excluding carboxylic acids is 1.